The molecule has 0 aliphatic carbocycles. The Morgan fingerprint density at radius 2 is 1.85 bits per heavy atom. The van der Waals surface area contributed by atoms with Gasteiger partial charge in [0, 0.05) is 6.54 Å². The van der Waals surface area contributed by atoms with Crippen molar-refractivity contribution in [2.75, 3.05) is 13.2 Å². The first-order chi connectivity index (χ1) is 12.9. The highest BCUT2D eigenvalue weighted by Gasteiger charge is 2.29. The van der Waals surface area contributed by atoms with Crippen molar-refractivity contribution in [1.82, 2.24) is 10.3 Å². The van der Waals surface area contributed by atoms with E-state index in [2.05, 4.69) is 10.3 Å². The first-order valence-corrected chi connectivity index (χ1v) is 9.08. The van der Waals surface area contributed by atoms with Crippen LogP contribution >= 0.6 is 11.3 Å². The molecule has 1 aromatic heterocycles. The number of fused-ring (bicyclic) bond motifs is 1. The Bertz CT molecular complexity index is 874. The maximum Gasteiger partial charge on any atom is 0.416 e. The molecule has 27 heavy (non-hydrogen) atoms. The lowest BCUT2D eigenvalue weighted by atomic mass is 10.1. The van der Waals surface area contributed by atoms with Gasteiger partial charge in [-0.2, -0.15) is 13.2 Å². The first kappa shape index (κ1) is 19.3. The molecule has 0 saturated heterocycles. The lowest BCUT2D eigenvalue weighted by Crippen LogP contribution is -2.29. The third-order valence-corrected chi connectivity index (χ3v) is 4.82. The summed E-state index contributed by atoms with van der Waals surface area (Å²) < 4.78 is 44.0. The van der Waals surface area contributed by atoms with Crippen molar-refractivity contribution in [1.29, 1.82) is 0 Å². The van der Waals surface area contributed by atoms with Crippen molar-refractivity contribution < 1.29 is 22.7 Å². The van der Waals surface area contributed by atoms with Gasteiger partial charge in [0.15, 0.2) is 0 Å². The fourth-order valence-electron chi connectivity index (χ4n) is 2.47. The number of carbonyl (C=O) groups excluding carboxylic acids is 1. The molecule has 8 heteroatoms. The van der Waals surface area contributed by atoms with Crippen LogP contribution in [0, 0.1) is 0 Å². The minimum atomic E-state index is -4.34. The summed E-state index contributed by atoms with van der Waals surface area (Å²) in [5.41, 5.74) is 0.944. The predicted molar refractivity (Wildman–Crippen MR) is 97.4 cm³/mol. The molecule has 3 aromatic rings. The van der Waals surface area contributed by atoms with E-state index in [0.717, 1.165) is 32.9 Å². The zero-order valence-corrected chi connectivity index (χ0v) is 15.1. The smallest absolute Gasteiger partial charge is 0.364 e. The molecule has 0 aliphatic heterocycles. The van der Waals surface area contributed by atoms with Gasteiger partial charge in [-0.15, -0.1) is 11.3 Å². The van der Waals surface area contributed by atoms with Gasteiger partial charge in [0.2, 0.25) is 5.91 Å². The molecule has 1 amide bonds. The number of rotatable bonds is 7. The molecular formula is C19H17F3N2O2S. The molecule has 3 rings (SSSR count). The van der Waals surface area contributed by atoms with Gasteiger partial charge in [0.25, 0.3) is 0 Å². The van der Waals surface area contributed by atoms with Crippen molar-refractivity contribution in [3.8, 4) is 0 Å². The third kappa shape index (κ3) is 5.51. The molecule has 142 valence electrons. The van der Waals surface area contributed by atoms with E-state index in [1.165, 1.54) is 23.5 Å². The van der Waals surface area contributed by atoms with E-state index < -0.39 is 11.7 Å². The van der Waals surface area contributed by atoms with Gasteiger partial charge in [-0.1, -0.05) is 24.3 Å². The van der Waals surface area contributed by atoms with E-state index in [9.17, 15) is 18.0 Å². The predicted octanol–water partition coefficient (Wildman–Crippen LogP) is 4.19. The van der Waals surface area contributed by atoms with Crippen molar-refractivity contribution in [2.24, 2.45) is 0 Å². The van der Waals surface area contributed by atoms with Gasteiger partial charge in [0.05, 0.1) is 22.4 Å². The van der Waals surface area contributed by atoms with Gasteiger partial charge in [-0.05, 0) is 36.2 Å². The van der Waals surface area contributed by atoms with E-state index in [-0.39, 0.29) is 19.1 Å². The second-order valence-electron chi connectivity index (χ2n) is 5.86. The Hall–Kier alpha value is -2.45. The number of ether oxygens (including phenoxy) is 1. The number of thiazole rings is 1. The average Bonchev–Trinajstić information content (AvgIpc) is 3.04. The SMILES string of the molecule is O=C(COCc1nc2ccccc2s1)NCCc1ccc(C(F)(F)F)cc1. The normalized spacial score (nSPS) is 11.7. The van der Waals surface area contributed by atoms with Crippen LogP contribution in [0.25, 0.3) is 10.2 Å². The Kier molecular flexibility index (Phi) is 6.08. The second kappa shape index (κ2) is 8.49. The number of nitrogens with zero attached hydrogens (tertiary/aromatic N) is 1. The van der Waals surface area contributed by atoms with Gasteiger partial charge >= 0.3 is 6.18 Å². The molecule has 0 unspecified atom stereocenters. The third-order valence-electron chi connectivity index (χ3n) is 3.81. The van der Waals surface area contributed by atoms with E-state index in [0.29, 0.717) is 13.0 Å². The molecule has 0 aliphatic rings. The molecule has 2 aromatic carbocycles. The number of aromatic nitrogens is 1. The summed E-state index contributed by atoms with van der Waals surface area (Å²) >= 11 is 1.52. The fourth-order valence-corrected chi connectivity index (χ4v) is 3.38. The standard InChI is InChI=1S/C19H17F3N2O2S/c20-19(21,22)14-7-5-13(6-8-14)9-10-23-17(25)11-26-12-18-24-15-3-1-2-4-16(15)27-18/h1-8H,9-12H2,(H,23,25). The van der Waals surface area contributed by atoms with E-state index in [1.807, 2.05) is 24.3 Å². The number of hydrogen-bond acceptors (Lipinski definition) is 4. The monoisotopic (exact) mass is 394 g/mol. The molecule has 0 atom stereocenters. The molecule has 4 nitrogen and oxygen atoms in total. The van der Waals surface area contributed by atoms with Gasteiger partial charge in [0.1, 0.15) is 11.6 Å². The van der Waals surface area contributed by atoms with Crippen LogP contribution in [0.1, 0.15) is 16.1 Å². The Balaban J connectivity index is 1.37. The minimum absolute atomic E-state index is 0.0943. The molecule has 1 N–H and O–H groups in total. The van der Waals surface area contributed by atoms with Gasteiger partial charge in [-0.3, -0.25) is 4.79 Å². The number of amides is 1. The maximum atomic E-state index is 12.5. The summed E-state index contributed by atoms with van der Waals surface area (Å²) in [5, 5.41) is 3.49. The summed E-state index contributed by atoms with van der Waals surface area (Å²) in [5.74, 6) is -0.275. The summed E-state index contributed by atoms with van der Waals surface area (Å²) in [7, 11) is 0. The summed E-state index contributed by atoms with van der Waals surface area (Å²) in [6.07, 6.45) is -3.89. The van der Waals surface area contributed by atoms with Crippen LogP contribution in [-0.4, -0.2) is 24.0 Å². The zero-order valence-electron chi connectivity index (χ0n) is 14.3. The quantitative estimate of drug-likeness (QED) is 0.654. The molecule has 0 bridgehead atoms. The molecule has 0 saturated carbocycles. The molecule has 1 heterocycles. The number of para-hydroxylation sites is 1. The number of halogens is 3. The van der Waals surface area contributed by atoms with Crippen LogP contribution in [0.4, 0.5) is 13.2 Å². The molecule has 0 radical (unpaired) electrons. The van der Waals surface area contributed by atoms with Crippen LogP contribution in [0.5, 0.6) is 0 Å². The fraction of sp³-hybridized carbons (Fsp3) is 0.263. The van der Waals surface area contributed by atoms with Crippen LogP contribution in [-0.2, 0) is 28.7 Å². The summed E-state index contributed by atoms with van der Waals surface area (Å²) in [4.78, 5) is 16.2. The zero-order chi connectivity index (χ0) is 19.3. The second-order valence-corrected chi connectivity index (χ2v) is 6.98. The Labute approximate surface area is 158 Å². The van der Waals surface area contributed by atoms with Crippen molar-refractivity contribution in [3.05, 3.63) is 64.7 Å². The largest absolute Gasteiger partial charge is 0.416 e. The highest BCUT2D eigenvalue weighted by Crippen LogP contribution is 2.29. The van der Waals surface area contributed by atoms with Crippen molar-refractivity contribution in [3.63, 3.8) is 0 Å². The number of nitrogens with one attached hydrogen (secondary N) is 1. The van der Waals surface area contributed by atoms with Gasteiger partial charge in [-0.25, -0.2) is 4.98 Å². The number of carbonyl (C=O) groups is 1. The van der Waals surface area contributed by atoms with Gasteiger partial charge < -0.3 is 10.1 Å². The highest BCUT2D eigenvalue weighted by atomic mass is 32.1. The lowest BCUT2D eigenvalue weighted by molar-refractivity contribution is -0.137. The Morgan fingerprint density at radius 3 is 2.56 bits per heavy atom. The van der Waals surface area contributed by atoms with E-state index in [1.54, 1.807) is 0 Å². The highest BCUT2D eigenvalue weighted by molar-refractivity contribution is 7.18. The number of benzene rings is 2. The van der Waals surface area contributed by atoms with E-state index >= 15 is 0 Å². The Morgan fingerprint density at radius 1 is 1.11 bits per heavy atom. The lowest BCUT2D eigenvalue weighted by Gasteiger charge is -2.08. The van der Waals surface area contributed by atoms with Crippen LogP contribution in [0.2, 0.25) is 0 Å². The maximum absolute atomic E-state index is 12.5. The van der Waals surface area contributed by atoms with Crippen molar-refractivity contribution >= 4 is 27.5 Å². The molecule has 0 spiro atoms. The minimum Gasteiger partial charge on any atom is -0.364 e. The first-order valence-electron chi connectivity index (χ1n) is 8.27. The molecular weight excluding hydrogens is 377 g/mol. The average molecular weight is 394 g/mol. The summed E-state index contributed by atoms with van der Waals surface area (Å²) in [6.45, 7) is 0.489. The number of hydrogen-bond donors (Lipinski definition) is 1. The van der Waals surface area contributed by atoms with Crippen molar-refractivity contribution in [2.45, 2.75) is 19.2 Å². The van der Waals surface area contributed by atoms with Crippen LogP contribution in [0.15, 0.2) is 48.5 Å². The van der Waals surface area contributed by atoms with E-state index in [4.69, 9.17) is 4.74 Å². The van der Waals surface area contributed by atoms with Crippen LogP contribution in [0.3, 0.4) is 0 Å². The number of alkyl halides is 3. The molecule has 0 fully saturated rings. The topological polar surface area (TPSA) is 51.2 Å². The summed E-state index contributed by atoms with van der Waals surface area (Å²) in [6, 6.07) is 12.7. The van der Waals surface area contributed by atoms with Crippen LogP contribution < -0.4 is 5.32 Å².